The van der Waals surface area contributed by atoms with Gasteiger partial charge in [0.1, 0.15) is 11.3 Å². The molecular weight excluding hydrogens is 328 g/mol. The lowest BCUT2D eigenvalue weighted by atomic mass is 9.66. The average molecular weight is 354 g/mol. The molecule has 1 saturated heterocycles. The van der Waals surface area contributed by atoms with Gasteiger partial charge in [-0.1, -0.05) is 48.3 Å². The number of likely N-dealkylation sites (tertiary alicyclic amines) is 1. The molecular formula is C21H26N2O3. The number of hydrogen-bond acceptors (Lipinski definition) is 4. The van der Waals surface area contributed by atoms with Gasteiger partial charge in [0.2, 0.25) is 0 Å². The van der Waals surface area contributed by atoms with Gasteiger partial charge in [-0.3, -0.25) is 4.79 Å². The topological polar surface area (TPSA) is 66.6 Å². The number of aliphatic hydroxyl groups is 1. The lowest BCUT2D eigenvalue weighted by Crippen LogP contribution is -2.59. The van der Waals surface area contributed by atoms with Gasteiger partial charge in [0.15, 0.2) is 0 Å². The van der Waals surface area contributed by atoms with Gasteiger partial charge in [0.25, 0.3) is 5.91 Å². The van der Waals surface area contributed by atoms with Crippen LogP contribution in [-0.2, 0) is 5.60 Å². The molecule has 0 spiro atoms. The number of fused-ring (bicyclic) bond motifs is 1. The van der Waals surface area contributed by atoms with Gasteiger partial charge in [0, 0.05) is 18.5 Å². The second-order valence-corrected chi connectivity index (χ2v) is 7.70. The Labute approximate surface area is 154 Å². The first-order valence-corrected chi connectivity index (χ1v) is 9.54. The monoisotopic (exact) mass is 354 g/mol. The highest BCUT2D eigenvalue weighted by Crippen LogP contribution is 2.47. The van der Waals surface area contributed by atoms with Gasteiger partial charge in [-0.2, -0.15) is 0 Å². The van der Waals surface area contributed by atoms with E-state index in [0.29, 0.717) is 30.0 Å². The van der Waals surface area contributed by atoms with E-state index in [4.69, 9.17) is 4.52 Å². The molecule has 3 atom stereocenters. The van der Waals surface area contributed by atoms with Crippen LogP contribution in [-0.4, -0.2) is 33.7 Å². The quantitative estimate of drug-likeness (QED) is 0.895. The van der Waals surface area contributed by atoms with Gasteiger partial charge < -0.3 is 14.5 Å². The number of piperidine rings is 1. The van der Waals surface area contributed by atoms with E-state index in [1.54, 1.807) is 6.92 Å². The molecule has 5 heteroatoms. The summed E-state index contributed by atoms with van der Waals surface area (Å²) in [5.74, 6) is 0.633. The highest BCUT2D eigenvalue weighted by Gasteiger charge is 2.50. The zero-order valence-corrected chi connectivity index (χ0v) is 15.4. The number of aryl methyl sites for hydroxylation is 2. The third-order valence-corrected chi connectivity index (χ3v) is 6.26. The Hall–Kier alpha value is -2.14. The summed E-state index contributed by atoms with van der Waals surface area (Å²) in [5, 5.41) is 15.5. The van der Waals surface area contributed by atoms with Crippen LogP contribution in [0.25, 0.3) is 0 Å². The lowest BCUT2D eigenvalue weighted by Gasteiger charge is -2.52. The summed E-state index contributed by atoms with van der Waals surface area (Å²) in [4.78, 5) is 15.2. The van der Waals surface area contributed by atoms with Crippen molar-refractivity contribution in [2.24, 2.45) is 5.92 Å². The SMILES string of the molecule is Cc1noc(C)c1C(=O)N1CC[C@](O)(c2ccccc2)[C@@H]2CCCC[C@H]21. The number of benzene rings is 1. The zero-order valence-electron chi connectivity index (χ0n) is 15.4. The van der Waals surface area contributed by atoms with Crippen LogP contribution in [0.5, 0.6) is 0 Å². The molecule has 138 valence electrons. The number of rotatable bonds is 2. The van der Waals surface area contributed by atoms with E-state index in [1.165, 1.54) is 0 Å². The fourth-order valence-electron chi connectivity index (χ4n) is 4.95. The third kappa shape index (κ3) is 2.65. The second kappa shape index (κ2) is 6.54. The van der Waals surface area contributed by atoms with Gasteiger partial charge in [0.05, 0.1) is 11.3 Å². The van der Waals surface area contributed by atoms with Crippen molar-refractivity contribution in [1.82, 2.24) is 10.1 Å². The minimum atomic E-state index is -0.859. The Morgan fingerprint density at radius 2 is 1.96 bits per heavy atom. The highest BCUT2D eigenvalue weighted by molar-refractivity contribution is 5.96. The first-order valence-electron chi connectivity index (χ1n) is 9.54. The van der Waals surface area contributed by atoms with Crippen LogP contribution in [0.15, 0.2) is 34.9 Å². The van der Waals surface area contributed by atoms with E-state index in [0.717, 1.165) is 31.2 Å². The fraction of sp³-hybridized carbons (Fsp3) is 0.524. The van der Waals surface area contributed by atoms with Crippen LogP contribution in [0.2, 0.25) is 0 Å². The Kier molecular flexibility index (Phi) is 4.35. The molecule has 0 unspecified atom stereocenters. The zero-order chi connectivity index (χ0) is 18.3. The molecule has 1 N–H and O–H groups in total. The van der Waals surface area contributed by atoms with E-state index in [1.807, 2.05) is 42.2 Å². The van der Waals surface area contributed by atoms with Gasteiger partial charge in [-0.15, -0.1) is 0 Å². The molecule has 1 saturated carbocycles. The molecule has 0 radical (unpaired) electrons. The predicted octanol–water partition coefficient (Wildman–Crippen LogP) is 3.58. The average Bonchev–Trinajstić information content (AvgIpc) is 3.01. The minimum absolute atomic E-state index is 0.00624. The summed E-state index contributed by atoms with van der Waals surface area (Å²) in [5.41, 5.74) is 1.34. The lowest BCUT2D eigenvalue weighted by molar-refractivity contribution is -0.110. The Balaban J connectivity index is 1.68. The van der Waals surface area contributed by atoms with Crippen molar-refractivity contribution in [2.45, 2.75) is 57.6 Å². The van der Waals surface area contributed by atoms with Gasteiger partial charge in [-0.05, 0) is 38.7 Å². The van der Waals surface area contributed by atoms with Crippen LogP contribution in [0.4, 0.5) is 0 Å². The van der Waals surface area contributed by atoms with Crippen LogP contribution >= 0.6 is 0 Å². The molecule has 1 aliphatic carbocycles. The number of amides is 1. The maximum Gasteiger partial charge on any atom is 0.259 e. The summed E-state index contributed by atoms with van der Waals surface area (Å²) in [7, 11) is 0. The number of hydrogen-bond donors (Lipinski definition) is 1. The Morgan fingerprint density at radius 3 is 2.65 bits per heavy atom. The summed E-state index contributed by atoms with van der Waals surface area (Å²) in [6.07, 6.45) is 4.64. The molecule has 2 aliphatic rings. The van der Waals surface area contributed by atoms with Crippen LogP contribution in [0, 0.1) is 19.8 Å². The third-order valence-electron chi connectivity index (χ3n) is 6.26. The second-order valence-electron chi connectivity index (χ2n) is 7.70. The van der Waals surface area contributed by atoms with Crippen molar-refractivity contribution < 1.29 is 14.4 Å². The molecule has 5 nitrogen and oxygen atoms in total. The van der Waals surface area contributed by atoms with E-state index in [-0.39, 0.29) is 17.9 Å². The van der Waals surface area contributed by atoms with Gasteiger partial charge in [-0.25, -0.2) is 0 Å². The Morgan fingerprint density at radius 1 is 1.23 bits per heavy atom. The van der Waals surface area contributed by atoms with Crippen molar-refractivity contribution >= 4 is 5.91 Å². The standard InChI is InChI=1S/C21H26N2O3/c1-14-19(15(2)26-22-14)20(24)23-13-12-21(25,16-8-4-3-5-9-16)17-10-6-7-11-18(17)23/h3-5,8-9,17-18,25H,6-7,10-13H2,1-2H3/t17-,18-,21+/m1/s1. The Bertz CT molecular complexity index is 781. The summed E-state index contributed by atoms with van der Waals surface area (Å²) in [6, 6.07) is 10.0. The highest BCUT2D eigenvalue weighted by atomic mass is 16.5. The normalized spacial score (nSPS) is 28.7. The fourth-order valence-corrected chi connectivity index (χ4v) is 4.95. The predicted molar refractivity (Wildman–Crippen MR) is 97.7 cm³/mol. The number of aromatic nitrogens is 1. The largest absolute Gasteiger partial charge is 0.385 e. The van der Waals surface area contributed by atoms with Crippen LogP contribution in [0.3, 0.4) is 0 Å². The van der Waals surface area contributed by atoms with E-state index in [2.05, 4.69) is 5.16 Å². The minimum Gasteiger partial charge on any atom is -0.385 e. The molecule has 1 aliphatic heterocycles. The molecule has 2 heterocycles. The molecule has 2 aromatic rings. The smallest absolute Gasteiger partial charge is 0.259 e. The summed E-state index contributed by atoms with van der Waals surface area (Å²) >= 11 is 0. The first kappa shape index (κ1) is 17.3. The molecule has 4 rings (SSSR count). The van der Waals surface area contributed by atoms with Crippen molar-refractivity contribution in [3.05, 3.63) is 52.9 Å². The number of nitrogens with zero attached hydrogens (tertiary/aromatic N) is 2. The molecule has 1 aromatic carbocycles. The van der Waals surface area contributed by atoms with Gasteiger partial charge >= 0.3 is 0 Å². The van der Waals surface area contributed by atoms with Crippen molar-refractivity contribution in [3.8, 4) is 0 Å². The maximum absolute atomic E-state index is 13.2. The molecule has 26 heavy (non-hydrogen) atoms. The molecule has 2 fully saturated rings. The molecule has 0 bridgehead atoms. The summed E-state index contributed by atoms with van der Waals surface area (Å²) in [6.45, 7) is 4.15. The molecule has 1 aromatic heterocycles. The number of carbonyl (C=O) groups is 1. The van der Waals surface area contributed by atoms with Crippen LogP contribution < -0.4 is 0 Å². The van der Waals surface area contributed by atoms with E-state index < -0.39 is 5.60 Å². The van der Waals surface area contributed by atoms with Crippen LogP contribution in [0.1, 0.15) is 59.5 Å². The van der Waals surface area contributed by atoms with Crippen molar-refractivity contribution in [1.29, 1.82) is 0 Å². The van der Waals surface area contributed by atoms with E-state index >= 15 is 0 Å². The first-order chi connectivity index (χ1) is 12.5. The number of carbonyl (C=O) groups excluding carboxylic acids is 1. The van der Waals surface area contributed by atoms with Crippen molar-refractivity contribution in [2.75, 3.05) is 6.54 Å². The molecule has 1 amide bonds. The van der Waals surface area contributed by atoms with Crippen molar-refractivity contribution in [3.63, 3.8) is 0 Å². The summed E-state index contributed by atoms with van der Waals surface area (Å²) < 4.78 is 5.21. The van der Waals surface area contributed by atoms with E-state index in [9.17, 15) is 9.90 Å². The maximum atomic E-state index is 13.2.